The first-order valence-electron chi connectivity index (χ1n) is 11.5. The first kappa shape index (κ1) is 29.2. The molecule has 0 aromatic heterocycles. The van der Waals surface area contributed by atoms with Crippen LogP contribution in [0.4, 0.5) is 5.69 Å². The van der Waals surface area contributed by atoms with Gasteiger partial charge in [-0.1, -0.05) is 12.1 Å². The summed E-state index contributed by atoms with van der Waals surface area (Å²) in [5.74, 6) is -1.84. The van der Waals surface area contributed by atoms with Crippen LogP contribution in [0.3, 0.4) is 0 Å². The largest absolute Gasteiger partial charge is 0.497 e. The van der Waals surface area contributed by atoms with Crippen LogP contribution in [-0.4, -0.2) is 96.6 Å². The Morgan fingerprint density at radius 2 is 1.68 bits per heavy atom. The van der Waals surface area contributed by atoms with Gasteiger partial charge in [0.15, 0.2) is 0 Å². The molecule has 2 aliphatic rings. The van der Waals surface area contributed by atoms with E-state index in [1.807, 2.05) is 4.90 Å². The quantitative estimate of drug-likeness (QED) is 0.329. The number of sulfonamides is 1. The van der Waals surface area contributed by atoms with E-state index in [1.165, 1.54) is 43.5 Å². The maximum absolute atomic E-state index is 14.2. The van der Waals surface area contributed by atoms with Crippen LogP contribution >= 0.6 is 15.9 Å². The SMILES string of the molecule is COc1ccc2c(c1)C(CN1CCNCC1)(CS(=O)(=O)O)C(CS(=O)(=O)O)N2S(=O)(=O)c1ccccc1Br. The Kier molecular flexibility index (Phi) is 8.18. The van der Waals surface area contributed by atoms with E-state index in [0.29, 0.717) is 26.2 Å². The van der Waals surface area contributed by atoms with Gasteiger partial charge in [0.05, 0.1) is 30.3 Å². The minimum absolute atomic E-state index is 0.0222. The highest BCUT2D eigenvalue weighted by Crippen LogP contribution is 2.51. The fraction of sp³-hybridized carbons (Fsp3) is 0.455. The maximum Gasteiger partial charge on any atom is 0.266 e. The van der Waals surface area contributed by atoms with Crippen LogP contribution in [0, 0.1) is 0 Å². The fourth-order valence-corrected chi connectivity index (χ4v) is 10.0. The molecule has 2 aromatic carbocycles. The van der Waals surface area contributed by atoms with Gasteiger partial charge in [0, 0.05) is 42.6 Å². The van der Waals surface area contributed by atoms with Crippen molar-refractivity contribution in [3.8, 4) is 5.75 Å². The third kappa shape index (κ3) is 5.86. The zero-order valence-electron chi connectivity index (χ0n) is 20.3. The molecule has 16 heteroatoms. The van der Waals surface area contributed by atoms with Crippen molar-refractivity contribution in [3.05, 3.63) is 52.5 Å². The van der Waals surface area contributed by atoms with Crippen molar-refractivity contribution >= 4 is 51.9 Å². The number of benzene rings is 2. The molecule has 12 nitrogen and oxygen atoms in total. The Labute approximate surface area is 230 Å². The fourth-order valence-electron chi connectivity index (χ4n) is 5.29. The second kappa shape index (κ2) is 10.6. The molecule has 3 N–H and O–H groups in total. The molecular formula is C22H28BrN3O9S3. The number of fused-ring (bicyclic) bond motifs is 1. The first-order chi connectivity index (χ1) is 17.7. The molecule has 0 spiro atoms. The number of halogens is 1. The Balaban J connectivity index is 2.06. The number of hydrogen-bond donors (Lipinski definition) is 3. The predicted octanol–water partition coefficient (Wildman–Crippen LogP) is 0.954. The van der Waals surface area contributed by atoms with E-state index in [0.717, 1.165) is 4.31 Å². The van der Waals surface area contributed by atoms with Crippen molar-refractivity contribution in [1.29, 1.82) is 0 Å². The highest BCUT2D eigenvalue weighted by atomic mass is 79.9. The summed E-state index contributed by atoms with van der Waals surface area (Å²) < 4.78 is 105. The lowest BCUT2D eigenvalue weighted by atomic mass is 9.78. The van der Waals surface area contributed by atoms with E-state index in [4.69, 9.17) is 4.74 Å². The first-order valence-corrected chi connectivity index (χ1v) is 16.9. The van der Waals surface area contributed by atoms with E-state index in [2.05, 4.69) is 21.2 Å². The van der Waals surface area contributed by atoms with Gasteiger partial charge in [-0.2, -0.15) is 16.8 Å². The molecule has 2 aromatic rings. The van der Waals surface area contributed by atoms with Crippen molar-refractivity contribution in [2.24, 2.45) is 0 Å². The lowest BCUT2D eigenvalue weighted by Crippen LogP contribution is -2.60. The molecule has 210 valence electrons. The highest BCUT2D eigenvalue weighted by molar-refractivity contribution is 9.10. The third-order valence-corrected chi connectivity index (χ3v) is 11.2. The summed E-state index contributed by atoms with van der Waals surface area (Å²) in [6.45, 7) is 1.94. The smallest absolute Gasteiger partial charge is 0.266 e. The number of rotatable bonds is 9. The van der Waals surface area contributed by atoms with Crippen molar-refractivity contribution in [1.82, 2.24) is 10.2 Å². The molecule has 38 heavy (non-hydrogen) atoms. The monoisotopic (exact) mass is 653 g/mol. The molecule has 2 aliphatic heterocycles. The number of nitrogens with zero attached hydrogens (tertiary/aromatic N) is 2. The molecule has 0 radical (unpaired) electrons. The molecule has 2 unspecified atom stereocenters. The molecule has 1 saturated heterocycles. The molecule has 0 bridgehead atoms. The standard InChI is InChI=1S/C22H28BrN3O9S3/c1-35-16-6-7-19-17(12-16)22(15-37(30,31)32,14-25-10-8-24-9-11-25)21(13-36(27,28)29)26(19)38(33,34)20-5-3-2-4-18(20)23/h2-7,12,21,24H,8-11,13-15H2,1H3,(H,27,28,29)(H,30,31,32). The van der Waals surface area contributed by atoms with E-state index < -0.39 is 53.2 Å². The van der Waals surface area contributed by atoms with Crippen molar-refractivity contribution in [3.63, 3.8) is 0 Å². The molecule has 0 amide bonds. The van der Waals surface area contributed by atoms with Crippen LogP contribution in [-0.2, 0) is 35.7 Å². The van der Waals surface area contributed by atoms with Gasteiger partial charge in [-0.05, 0) is 51.8 Å². The summed E-state index contributed by atoms with van der Waals surface area (Å²) in [5.41, 5.74) is -1.61. The van der Waals surface area contributed by atoms with Crippen LogP contribution in [0.1, 0.15) is 5.56 Å². The van der Waals surface area contributed by atoms with Gasteiger partial charge in [-0.3, -0.25) is 18.3 Å². The Morgan fingerprint density at radius 3 is 2.26 bits per heavy atom. The molecule has 0 saturated carbocycles. The summed E-state index contributed by atoms with van der Waals surface area (Å²) in [5, 5.41) is 3.17. The van der Waals surface area contributed by atoms with Crippen LogP contribution in [0.25, 0.3) is 0 Å². The minimum atomic E-state index is -4.85. The van der Waals surface area contributed by atoms with Crippen molar-refractivity contribution < 1.29 is 39.1 Å². The van der Waals surface area contributed by atoms with Crippen molar-refractivity contribution in [2.75, 3.05) is 55.6 Å². The van der Waals surface area contributed by atoms with E-state index in [1.54, 1.807) is 6.07 Å². The topological polar surface area (TPSA) is 171 Å². The van der Waals surface area contributed by atoms with Gasteiger partial charge < -0.3 is 10.1 Å². The van der Waals surface area contributed by atoms with Crippen LogP contribution in [0.5, 0.6) is 5.75 Å². The Hall–Kier alpha value is -1.79. The molecule has 2 atom stereocenters. The summed E-state index contributed by atoms with van der Waals surface area (Å²) in [7, 11) is -12.8. The molecule has 0 aliphatic carbocycles. The highest BCUT2D eigenvalue weighted by Gasteiger charge is 2.58. The summed E-state index contributed by atoms with van der Waals surface area (Å²) >= 11 is 3.24. The third-order valence-electron chi connectivity index (χ3n) is 6.80. The zero-order valence-corrected chi connectivity index (χ0v) is 24.4. The molecule has 2 heterocycles. The van der Waals surface area contributed by atoms with E-state index in [9.17, 15) is 34.4 Å². The number of anilines is 1. The van der Waals surface area contributed by atoms with Gasteiger partial charge in [0.1, 0.15) is 10.6 Å². The molecular weight excluding hydrogens is 626 g/mol. The summed E-state index contributed by atoms with van der Waals surface area (Å²) in [6.07, 6.45) is 0. The number of piperazine rings is 1. The van der Waals surface area contributed by atoms with E-state index >= 15 is 0 Å². The average molecular weight is 655 g/mol. The number of hydrogen-bond acceptors (Lipinski definition) is 9. The lowest BCUT2D eigenvalue weighted by molar-refractivity contribution is 0.185. The number of nitrogens with one attached hydrogen (secondary N) is 1. The Bertz CT molecular complexity index is 1530. The van der Waals surface area contributed by atoms with Crippen LogP contribution in [0.2, 0.25) is 0 Å². The normalized spacial score (nSPS) is 22.8. The van der Waals surface area contributed by atoms with Gasteiger partial charge in [0.2, 0.25) is 0 Å². The summed E-state index contributed by atoms with van der Waals surface area (Å²) in [4.78, 5) is 1.68. The second-order valence-corrected chi connectivity index (χ2v) is 14.9. The van der Waals surface area contributed by atoms with Gasteiger partial charge in [0.25, 0.3) is 30.3 Å². The second-order valence-electron chi connectivity index (χ2n) is 9.29. The van der Waals surface area contributed by atoms with E-state index in [-0.39, 0.29) is 32.9 Å². The van der Waals surface area contributed by atoms with Crippen molar-refractivity contribution in [2.45, 2.75) is 16.4 Å². The molecule has 4 rings (SSSR count). The van der Waals surface area contributed by atoms with Gasteiger partial charge in [-0.15, -0.1) is 0 Å². The zero-order chi connectivity index (χ0) is 27.9. The van der Waals surface area contributed by atoms with Crippen LogP contribution in [0.15, 0.2) is 51.8 Å². The Morgan fingerprint density at radius 1 is 1.03 bits per heavy atom. The van der Waals surface area contributed by atoms with Gasteiger partial charge >= 0.3 is 0 Å². The summed E-state index contributed by atoms with van der Waals surface area (Å²) in [6, 6.07) is 8.63. The number of methoxy groups -OCH3 is 1. The van der Waals surface area contributed by atoms with Gasteiger partial charge in [-0.25, -0.2) is 8.42 Å². The number of ether oxygens (including phenoxy) is 1. The van der Waals surface area contributed by atoms with Crippen LogP contribution < -0.4 is 14.4 Å². The maximum atomic E-state index is 14.2. The molecule has 1 fully saturated rings. The average Bonchev–Trinajstić information content (AvgIpc) is 3.06. The lowest BCUT2D eigenvalue weighted by Gasteiger charge is -2.42. The predicted molar refractivity (Wildman–Crippen MR) is 144 cm³/mol. The minimum Gasteiger partial charge on any atom is -0.497 e.